The SMILES string of the molecule is CCC(C)CN(CC)Cc1cccc(CNC2CC2)n1. The minimum absolute atomic E-state index is 0.748. The quantitative estimate of drug-likeness (QED) is 0.750. The van der Waals surface area contributed by atoms with Gasteiger partial charge in [-0.2, -0.15) is 0 Å². The fourth-order valence-electron chi connectivity index (χ4n) is 2.36. The van der Waals surface area contributed by atoms with E-state index in [2.05, 4.69) is 49.2 Å². The average Bonchev–Trinajstić information content (AvgIpc) is 3.29. The van der Waals surface area contributed by atoms with Crippen molar-refractivity contribution >= 4 is 0 Å². The number of hydrogen-bond donors (Lipinski definition) is 1. The van der Waals surface area contributed by atoms with Crippen LogP contribution in [0.5, 0.6) is 0 Å². The highest BCUT2D eigenvalue weighted by molar-refractivity contribution is 5.11. The van der Waals surface area contributed by atoms with E-state index in [-0.39, 0.29) is 0 Å². The molecule has 1 saturated carbocycles. The molecule has 0 aromatic carbocycles. The van der Waals surface area contributed by atoms with Crippen LogP contribution < -0.4 is 5.32 Å². The van der Waals surface area contributed by atoms with Crippen molar-refractivity contribution in [1.29, 1.82) is 0 Å². The summed E-state index contributed by atoms with van der Waals surface area (Å²) >= 11 is 0. The fraction of sp³-hybridized carbons (Fsp3) is 0.706. The third-order valence-electron chi connectivity index (χ3n) is 4.11. The predicted octanol–water partition coefficient (Wildman–Crippen LogP) is 3.20. The highest BCUT2D eigenvalue weighted by Crippen LogP contribution is 2.19. The molecule has 1 heterocycles. The predicted molar refractivity (Wildman–Crippen MR) is 84.5 cm³/mol. The Morgan fingerprint density at radius 1 is 1.30 bits per heavy atom. The van der Waals surface area contributed by atoms with E-state index in [1.807, 2.05) is 0 Å². The standard InChI is InChI=1S/C17H29N3/c1-4-14(3)12-20(5-2)13-17-8-6-7-16(19-17)11-18-15-9-10-15/h6-8,14-15,18H,4-5,9-13H2,1-3H3. The molecule has 112 valence electrons. The summed E-state index contributed by atoms with van der Waals surface area (Å²) in [7, 11) is 0. The topological polar surface area (TPSA) is 28.2 Å². The van der Waals surface area contributed by atoms with Gasteiger partial charge in [0.05, 0.1) is 11.4 Å². The van der Waals surface area contributed by atoms with E-state index in [1.165, 1.54) is 37.2 Å². The number of nitrogens with zero attached hydrogens (tertiary/aromatic N) is 2. The van der Waals surface area contributed by atoms with Crippen LogP contribution in [0.4, 0.5) is 0 Å². The smallest absolute Gasteiger partial charge is 0.0547 e. The molecule has 0 radical (unpaired) electrons. The molecule has 1 fully saturated rings. The first-order valence-electron chi connectivity index (χ1n) is 8.11. The molecule has 0 aliphatic heterocycles. The Bertz CT molecular complexity index is 401. The third-order valence-corrected chi connectivity index (χ3v) is 4.11. The largest absolute Gasteiger partial charge is 0.308 e. The van der Waals surface area contributed by atoms with Gasteiger partial charge in [0.1, 0.15) is 0 Å². The van der Waals surface area contributed by atoms with Crippen LogP contribution >= 0.6 is 0 Å². The molecule has 1 aromatic heterocycles. The van der Waals surface area contributed by atoms with Crippen molar-refractivity contribution in [1.82, 2.24) is 15.2 Å². The molecular weight excluding hydrogens is 246 g/mol. The highest BCUT2D eigenvalue weighted by Gasteiger charge is 2.20. The van der Waals surface area contributed by atoms with E-state index in [1.54, 1.807) is 0 Å². The van der Waals surface area contributed by atoms with Crippen LogP contribution in [0.2, 0.25) is 0 Å². The van der Waals surface area contributed by atoms with Crippen LogP contribution in [0.15, 0.2) is 18.2 Å². The summed E-state index contributed by atoms with van der Waals surface area (Å²) in [5, 5.41) is 3.53. The summed E-state index contributed by atoms with van der Waals surface area (Å²) in [5.74, 6) is 0.759. The summed E-state index contributed by atoms with van der Waals surface area (Å²) < 4.78 is 0. The summed E-state index contributed by atoms with van der Waals surface area (Å²) in [6.07, 6.45) is 3.91. The van der Waals surface area contributed by atoms with Crippen molar-refractivity contribution in [3.63, 3.8) is 0 Å². The molecule has 1 aliphatic carbocycles. The van der Waals surface area contributed by atoms with Crippen LogP contribution in [0.25, 0.3) is 0 Å². The molecule has 20 heavy (non-hydrogen) atoms. The first-order valence-corrected chi connectivity index (χ1v) is 8.11. The zero-order valence-corrected chi connectivity index (χ0v) is 13.2. The molecule has 0 spiro atoms. The number of hydrogen-bond acceptors (Lipinski definition) is 3. The molecule has 0 amide bonds. The van der Waals surface area contributed by atoms with Crippen molar-refractivity contribution in [3.05, 3.63) is 29.6 Å². The Balaban J connectivity index is 1.87. The van der Waals surface area contributed by atoms with Crippen molar-refractivity contribution in [2.75, 3.05) is 13.1 Å². The number of rotatable bonds is 9. The van der Waals surface area contributed by atoms with Crippen molar-refractivity contribution in [2.24, 2.45) is 5.92 Å². The molecule has 0 saturated heterocycles. The second-order valence-corrected chi connectivity index (χ2v) is 6.12. The molecule has 1 unspecified atom stereocenters. The van der Waals surface area contributed by atoms with Gasteiger partial charge in [0.15, 0.2) is 0 Å². The lowest BCUT2D eigenvalue weighted by Crippen LogP contribution is -2.28. The summed E-state index contributed by atoms with van der Waals surface area (Å²) in [4.78, 5) is 7.28. The van der Waals surface area contributed by atoms with E-state index < -0.39 is 0 Å². The zero-order chi connectivity index (χ0) is 14.4. The zero-order valence-electron chi connectivity index (χ0n) is 13.2. The van der Waals surface area contributed by atoms with E-state index in [0.29, 0.717) is 0 Å². The van der Waals surface area contributed by atoms with Gasteiger partial charge in [0.25, 0.3) is 0 Å². The van der Waals surface area contributed by atoms with E-state index in [9.17, 15) is 0 Å². The third kappa shape index (κ3) is 5.22. The molecule has 1 aliphatic rings. The van der Waals surface area contributed by atoms with Gasteiger partial charge in [0.2, 0.25) is 0 Å². The van der Waals surface area contributed by atoms with Gasteiger partial charge in [-0.15, -0.1) is 0 Å². The van der Waals surface area contributed by atoms with E-state index >= 15 is 0 Å². The molecule has 1 aromatic rings. The number of pyridine rings is 1. The lowest BCUT2D eigenvalue weighted by molar-refractivity contribution is 0.235. The number of nitrogens with one attached hydrogen (secondary N) is 1. The van der Waals surface area contributed by atoms with Gasteiger partial charge in [-0.05, 0) is 37.4 Å². The maximum absolute atomic E-state index is 4.79. The molecule has 3 nitrogen and oxygen atoms in total. The highest BCUT2D eigenvalue weighted by atomic mass is 15.1. The average molecular weight is 275 g/mol. The Hall–Kier alpha value is -0.930. The maximum Gasteiger partial charge on any atom is 0.0547 e. The normalized spacial score (nSPS) is 16.6. The molecular formula is C17H29N3. The first kappa shape index (κ1) is 15.5. The molecule has 2 rings (SSSR count). The molecule has 1 atom stereocenters. The number of aromatic nitrogens is 1. The Kier molecular flexibility index (Phi) is 5.99. The second-order valence-electron chi connectivity index (χ2n) is 6.12. The second kappa shape index (κ2) is 7.75. The lowest BCUT2D eigenvalue weighted by Gasteiger charge is -2.23. The molecule has 1 N–H and O–H groups in total. The van der Waals surface area contributed by atoms with Crippen molar-refractivity contribution in [3.8, 4) is 0 Å². The minimum Gasteiger partial charge on any atom is -0.308 e. The Morgan fingerprint density at radius 2 is 2.05 bits per heavy atom. The van der Waals surface area contributed by atoms with Crippen LogP contribution in [0, 0.1) is 5.92 Å². The van der Waals surface area contributed by atoms with Crippen LogP contribution in [0.3, 0.4) is 0 Å². The monoisotopic (exact) mass is 275 g/mol. The minimum atomic E-state index is 0.748. The van der Waals surface area contributed by atoms with Gasteiger partial charge in [-0.1, -0.05) is 33.3 Å². The van der Waals surface area contributed by atoms with E-state index in [4.69, 9.17) is 4.98 Å². The van der Waals surface area contributed by atoms with Crippen molar-refractivity contribution in [2.45, 2.75) is 59.2 Å². The first-order chi connectivity index (χ1) is 9.71. The van der Waals surface area contributed by atoms with Crippen LogP contribution in [0.1, 0.15) is 51.4 Å². The van der Waals surface area contributed by atoms with Gasteiger partial charge in [0, 0.05) is 25.7 Å². The summed E-state index contributed by atoms with van der Waals surface area (Å²) in [5.41, 5.74) is 2.37. The molecule has 0 bridgehead atoms. The lowest BCUT2D eigenvalue weighted by atomic mass is 10.1. The van der Waals surface area contributed by atoms with Gasteiger partial charge >= 0.3 is 0 Å². The van der Waals surface area contributed by atoms with Crippen molar-refractivity contribution < 1.29 is 0 Å². The van der Waals surface area contributed by atoms with Gasteiger partial charge in [-0.3, -0.25) is 9.88 Å². The van der Waals surface area contributed by atoms with Gasteiger partial charge in [-0.25, -0.2) is 0 Å². The summed E-state index contributed by atoms with van der Waals surface area (Å²) in [6.45, 7) is 11.0. The van der Waals surface area contributed by atoms with Gasteiger partial charge < -0.3 is 5.32 Å². The fourth-order valence-corrected chi connectivity index (χ4v) is 2.36. The molecule has 3 heteroatoms. The van der Waals surface area contributed by atoms with Crippen LogP contribution in [-0.4, -0.2) is 29.0 Å². The van der Waals surface area contributed by atoms with E-state index in [0.717, 1.165) is 31.6 Å². The Morgan fingerprint density at radius 3 is 2.70 bits per heavy atom. The maximum atomic E-state index is 4.79. The summed E-state index contributed by atoms with van der Waals surface area (Å²) in [6, 6.07) is 7.17. The Labute approximate surface area is 123 Å². The van der Waals surface area contributed by atoms with Crippen LogP contribution in [-0.2, 0) is 13.1 Å².